The summed E-state index contributed by atoms with van der Waals surface area (Å²) < 4.78 is 5.11. The number of hydrogen-bond donors (Lipinski definition) is 2. The van der Waals surface area contributed by atoms with E-state index >= 15 is 0 Å². The minimum absolute atomic E-state index is 0.132. The van der Waals surface area contributed by atoms with Crippen LogP contribution in [0.15, 0.2) is 4.52 Å². The van der Waals surface area contributed by atoms with E-state index in [1.807, 2.05) is 13.8 Å². The van der Waals surface area contributed by atoms with E-state index in [0.717, 1.165) is 36.5 Å². The lowest BCUT2D eigenvalue weighted by atomic mass is 9.75. The van der Waals surface area contributed by atoms with Crippen molar-refractivity contribution in [2.24, 2.45) is 11.3 Å². The minimum Gasteiger partial charge on any atom is -0.361 e. The lowest BCUT2D eigenvalue weighted by Crippen LogP contribution is -2.45. The Kier molecular flexibility index (Phi) is 3.94. The van der Waals surface area contributed by atoms with E-state index in [9.17, 15) is 4.79 Å². The third-order valence-corrected chi connectivity index (χ3v) is 4.35. The highest BCUT2D eigenvalue weighted by atomic mass is 16.5. The van der Waals surface area contributed by atoms with Crippen molar-refractivity contribution in [3.05, 3.63) is 17.0 Å². The van der Waals surface area contributed by atoms with E-state index in [1.54, 1.807) is 0 Å². The van der Waals surface area contributed by atoms with Crippen molar-refractivity contribution in [3.63, 3.8) is 0 Å². The zero-order chi connectivity index (χ0) is 14.0. The van der Waals surface area contributed by atoms with Crippen LogP contribution in [0, 0.1) is 25.2 Å². The Balaban J connectivity index is 2.05. The molecule has 106 valence electrons. The molecule has 0 aromatic carbocycles. The van der Waals surface area contributed by atoms with E-state index in [2.05, 4.69) is 29.6 Å². The second-order valence-electron chi connectivity index (χ2n) is 5.72. The average Bonchev–Trinajstić information content (AvgIpc) is 2.96. The van der Waals surface area contributed by atoms with Gasteiger partial charge < -0.3 is 15.2 Å². The van der Waals surface area contributed by atoms with Gasteiger partial charge in [-0.25, -0.2) is 0 Å². The van der Waals surface area contributed by atoms with Crippen molar-refractivity contribution >= 4 is 5.91 Å². The molecule has 1 aliphatic rings. The Morgan fingerprint density at radius 2 is 2.26 bits per heavy atom. The highest BCUT2D eigenvalue weighted by Gasteiger charge is 2.43. The summed E-state index contributed by atoms with van der Waals surface area (Å²) in [5.41, 5.74) is 1.55. The number of aromatic nitrogens is 1. The highest BCUT2D eigenvalue weighted by Crippen LogP contribution is 2.34. The molecule has 1 aromatic heterocycles. The van der Waals surface area contributed by atoms with Crippen molar-refractivity contribution in [1.82, 2.24) is 15.8 Å². The van der Waals surface area contributed by atoms with Crippen LogP contribution in [0.4, 0.5) is 0 Å². The van der Waals surface area contributed by atoms with Crippen molar-refractivity contribution in [1.29, 1.82) is 0 Å². The molecule has 1 saturated heterocycles. The number of rotatable bonds is 4. The molecule has 1 atom stereocenters. The molecule has 5 nitrogen and oxygen atoms in total. The fourth-order valence-corrected chi connectivity index (χ4v) is 2.76. The summed E-state index contributed by atoms with van der Waals surface area (Å²) in [6.45, 7) is 10.2. The number of amides is 1. The topological polar surface area (TPSA) is 67.2 Å². The molecule has 19 heavy (non-hydrogen) atoms. The first kappa shape index (κ1) is 14.1. The van der Waals surface area contributed by atoms with Gasteiger partial charge in [-0.2, -0.15) is 0 Å². The molecule has 2 N–H and O–H groups in total. The van der Waals surface area contributed by atoms with Crippen molar-refractivity contribution in [3.8, 4) is 0 Å². The van der Waals surface area contributed by atoms with E-state index < -0.39 is 0 Å². The van der Waals surface area contributed by atoms with Gasteiger partial charge in [-0.15, -0.1) is 0 Å². The summed E-state index contributed by atoms with van der Waals surface area (Å²) in [4.78, 5) is 12.5. The van der Waals surface area contributed by atoms with Crippen LogP contribution in [0.3, 0.4) is 0 Å². The molecular weight excluding hydrogens is 242 g/mol. The normalized spacial score (nSPS) is 23.0. The number of hydrogen-bond acceptors (Lipinski definition) is 4. The molecule has 0 saturated carbocycles. The Hall–Kier alpha value is -1.36. The molecule has 2 rings (SSSR count). The fourth-order valence-electron chi connectivity index (χ4n) is 2.76. The van der Waals surface area contributed by atoms with E-state index in [-0.39, 0.29) is 11.3 Å². The minimum atomic E-state index is -0.279. The van der Waals surface area contributed by atoms with Crippen molar-refractivity contribution in [2.45, 2.75) is 40.7 Å². The Morgan fingerprint density at radius 3 is 2.74 bits per heavy atom. The number of nitrogens with zero attached hydrogens (tertiary/aromatic N) is 1. The molecule has 1 unspecified atom stereocenters. The van der Waals surface area contributed by atoms with Crippen LogP contribution in [-0.4, -0.2) is 24.2 Å². The van der Waals surface area contributed by atoms with Crippen LogP contribution in [-0.2, 0) is 11.3 Å². The van der Waals surface area contributed by atoms with Gasteiger partial charge in [0.1, 0.15) is 5.76 Å². The zero-order valence-corrected chi connectivity index (χ0v) is 12.2. The molecule has 1 aromatic rings. The van der Waals surface area contributed by atoms with Crippen LogP contribution in [0.1, 0.15) is 37.3 Å². The predicted molar refractivity (Wildman–Crippen MR) is 72.6 cm³/mol. The van der Waals surface area contributed by atoms with Gasteiger partial charge in [0, 0.05) is 18.7 Å². The van der Waals surface area contributed by atoms with Gasteiger partial charge in [0.25, 0.3) is 0 Å². The van der Waals surface area contributed by atoms with Gasteiger partial charge in [0.2, 0.25) is 5.91 Å². The first-order valence-electron chi connectivity index (χ1n) is 6.88. The molecule has 1 amide bonds. The molecule has 1 aliphatic heterocycles. The van der Waals surface area contributed by atoms with Crippen LogP contribution in [0.5, 0.6) is 0 Å². The van der Waals surface area contributed by atoms with E-state index in [0.29, 0.717) is 12.5 Å². The lowest BCUT2D eigenvalue weighted by molar-refractivity contribution is -0.132. The summed E-state index contributed by atoms with van der Waals surface area (Å²) in [5.74, 6) is 1.24. The first-order chi connectivity index (χ1) is 8.97. The molecule has 0 aliphatic carbocycles. The summed E-state index contributed by atoms with van der Waals surface area (Å²) >= 11 is 0. The summed E-state index contributed by atoms with van der Waals surface area (Å²) in [5, 5.41) is 10.3. The van der Waals surface area contributed by atoms with Gasteiger partial charge in [-0.05, 0) is 32.7 Å². The summed E-state index contributed by atoms with van der Waals surface area (Å²) in [6, 6.07) is 0. The maximum Gasteiger partial charge on any atom is 0.228 e. The van der Waals surface area contributed by atoms with Gasteiger partial charge in [-0.3, -0.25) is 4.79 Å². The molecule has 0 spiro atoms. The van der Waals surface area contributed by atoms with Gasteiger partial charge >= 0.3 is 0 Å². The second kappa shape index (κ2) is 5.33. The third-order valence-electron chi connectivity index (χ3n) is 4.35. The fraction of sp³-hybridized carbons (Fsp3) is 0.714. The lowest BCUT2D eigenvalue weighted by Gasteiger charge is -2.31. The quantitative estimate of drug-likeness (QED) is 0.866. The predicted octanol–water partition coefficient (Wildman–Crippen LogP) is 1.54. The molecule has 2 heterocycles. The standard InChI is InChI=1S/C14H23N3O2/c1-9(2)14(5-6-15-8-14)13(18)16-7-12-10(3)17-19-11(12)4/h9,15H,5-8H2,1-4H3,(H,16,18). The monoisotopic (exact) mass is 265 g/mol. The largest absolute Gasteiger partial charge is 0.361 e. The Bertz CT molecular complexity index is 440. The third kappa shape index (κ3) is 2.52. The Labute approximate surface area is 114 Å². The Morgan fingerprint density at radius 1 is 1.53 bits per heavy atom. The van der Waals surface area contributed by atoms with E-state index in [4.69, 9.17) is 4.52 Å². The SMILES string of the molecule is Cc1noc(C)c1CNC(=O)C1(C(C)C)CCNC1. The van der Waals surface area contributed by atoms with Crippen molar-refractivity contribution in [2.75, 3.05) is 13.1 Å². The molecule has 0 radical (unpaired) electrons. The maximum atomic E-state index is 12.5. The molecule has 5 heteroatoms. The van der Waals surface area contributed by atoms with Crippen LogP contribution in [0.2, 0.25) is 0 Å². The van der Waals surface area contributed by atoms with Crippen LogP contribution in [0.25, 0.3) is 0 Å². The van der Waals surface area contributed by atoms with Gasteiger partial charge in [-0.1, -0.05) is 19.0 Å². The first-order valence-corrected chi connectivity index (χ1v) is 6.88. The average molecular weight is 265 g/mol. The second-order valence-corrected chi connectivity index (χ2v) is 5.72. The number of carbonyl (C=O) groups excluding carboxylic acids is 1. The maximum absolute atomic E-state index is 12.5. The van der Waals surface area contributed by atoms with Crippen LogP contribution < -0.4 is 10.6 Å². The van der Waals surface area contributed by atoms with Gasteiger partial charge in [0.05, 0.1) is 11.1 Å². The number of nitrogens with one attached hydrogen (secondary N) is 2. The molecule has 0 bridgehead atoms. The summed E-state index contributed by atoms with van der Waals surface area (Å²) in [7, 11) is 0. The van der Waals surface area contributed by atoms with Crippen LogP contribution >= 0.6 is 0 Å². The zero-order valence-electron chi connectivity index (χ0n) is 12.2. The highest BCUT2D eigenvalue weighted by molar-refractivity contribution is 5.83. The van der Waals surface area contributed by atoms with Gasteiger partial charge in [0.15, 0.2) is 0 Å². The number of aryl methyl sites for hydroxylation is 2. The smallest absolute Gasteiger partial charge is 0.228 e. The molecule has 1 fully saturated rings. The summed E-state index contributed by atoms with van der Waals surface area (Å²) in [6.07, 6.45) is 0.901. The van der Waals surface area contributed by atoms with Crippen molar-refractivity contribution < 1.29 is 9.32 Å². The molecular formula is C14H23N3O2. The number of carbonyl (C=O) groups is 1. The van der Waals surface area contributed by atoms with E-state index in [1.165, 1.54) is 0 Å².